The third-order valence-corrected chi connectivity index (χ3v) is 4.60. The van der Waals surface area contributed by atoms with Crippen molar-refractivity contribution < 1.29 is 23.1 Å². The van der Waals surface area contributed by atoms with Crippen LogP contribution in [0.3, 0.4) is 0 Å². The fourth-order valence-corrected chi connectivity index (χ4v) is 3.34. The van der Waals surface area contributed by atoms with Crippen LogP contribution in [-0.2, 0) is 0 Å². The standard InChI is InChI=1S/C16H14BrClF2N4O3/c17-10-4-7(18)3-9(15(21)25)14(10)22-16(26)11-5-13(27-6-12(19)20)23-24(11)8-1-2-8/h3-5,8,12H,1-2,6H2,(H2,21,25)(H,22,26). The van der Waals surface area contributed by atoms with E-state index in [-0.39, 0.29) is 33.9 Å². The van der Waals surface area contributed by atoms with Crippen molar-refractivity contribution in [2.24, 2.45) is 5.73 Å². The minimum absolute atomic E-state index is 0.00100. The van der Waals surface area contributed by atoms with Gasteiger partial charge in [0, 0.05) is 15.6 Å². The molecule has 1 aliphatic rings. The van der Waals surface area contributed by atoms with Crippen LogP contribution in [0.2, 0.25) is 5.02 Å². The van der Waals surface area contributed by atoms with Crippen molar-refractivity contribution in [1.29, 1.82) is 0 Å². The number of ether oxygens (including phenoxy) is 1. The van der Waals surface area contributed by atoms with Gasteiger partial charge in [0.2, 0.25) is 5.88 Å². The number of hydrogen-bond acceptors (Lipinski definition) is 4. The fourth-order valence-electron chi connectivity index (χ4n) is 2.43. The molecule has 1 saturated carbocycles. The summed E-state index contributed by atoms with van der Waals surface area (Å²) in [5.41, 5.74) is 5.64. The van der Waals surface area contributed by atoms with Gasteiger partial charge in [0.25, 0.3) is 18.2 Å². The highest BCUT2D eigenvalue weighted by molar-refractivity contribution is 9.10. The average molecular weight is 464 g/mol. The van der Waals surface area contributed by atoms with Gasteiger partial charge in [0.1, 0.15) is 5.69 Å². The second kappa shape index (κ2) is 7.81. The Morgan fingerprint density at radius 3 is 2.70 bits per heavy atom. The number of anilines is 1. The average Bonchev–Trinajstić information content (AvgIpc) is 3.34. The molecule has 0 radical (unpaired) electrons. The molecule has 0 bridgehead atoms. The molecule has 11 heteroatoms. The summed E-state index contributed by atoms with van der Waals surface area (Å²) >= 11 is 9.15. The summed E-state index contributed by atoms with van der Waals surface area (Å²) in [6.07, 6.45) is -1.03. The van der Waals surface area contributed by atoms with Crippen LogP contribution in [0.25, 0.3) is 0 Å². The van der Waals surface area contributed by atoms with Gasteiger partial charge < -0.3 is 15.8 Å². The van der Waals surface area contributed by atoms with E-state index in [1.165, 1.54) is 22.9 Å². The van der Waals surface area contributed by atoms with Gasteiger partial charge in [-0.15, -0.1) is 5.10 Å². The molecular formula is C16H14BrClF2N4O3. The summed E-state index contributed by atoms with van der Waals surface area (Å²) in [6.45, 7) is -0.822. The number of carbonyl (C=O) groups is 2. The second-order valence-electron chi connectivity index (χ2n) is 5.87. The molecule has 144 valence electrons. The summed E-state index contributed by atoms with van der Waals surface area (Å²) in [5, 5.41) is 6.94. The number of primary amides is 1. The molecule has 3 N–H and O–H groups in total. The molecule has 2 amide bonds. The van der Waals surface area contributed by atoms with Gasteiger partial charge in [-0.1, -0.05) is 11.6 Å². The number of rotatable bonds is 7. The maximum absolute atomic E-state index is 12.7. The van der Waals surface area contributed by atoms with Crippen LogP contribution in [-0.4, -0.2) is 34.6 Å². The zero-order valence-electron chi connectivity index (χ0n) is 13.7. The fraction of sp³-hybridized carbons (Fsp3) is 0.312. The van der Waals surface area contributed by atoms with E-state index in [0.717, 1.165) is 12.8 Å². The number of alkyl halides is 2. The lowest BCUT2D eigenvalue weighted by molar-refractivity contribution is 0.0792. The largest absolute Gasteiger partial charge is 0.471 e. The van der Waals surface area contributed by atoms with Crippen LogP contribution >= 0.6 is 27.5 Å². The monoisotopic (exact) mass is 462 g/mol. The van der Waals surface area contributed by atoms with Crippen LogP contribution in [0.15, 0.2) is 22.7 Å². The maximum Gasteiger partial charge on any atom is 0.274 e. The molecule has 0 saturated heterocycles. The second-order valence-corrected chi connectivity index (χ2v) is 7.16. The zero-order valence-corrected chi connectivity index (χ0v) is 16.1. The van der Waals surface area contributed by atoms with Crippen LogP contribution in [0.4, 0.5) is 14.5 Å². The molecule has 3 rings (SSSR count). The van der Waals surface area contributed by atoms with E-state index in [4.69, 9.17) is 22.1 Å². The Balaban J connectivity index is 1.89. The number of halogens is 4. The number of benzene rings is 1. The maximum atomic E-state index is 12.7. The first-order valence-electron chi connectivity index (χ1n) is 7.87. The Morgan fingerprint density at radius 2 is 2.11 bits per heavy atom. The molecule has 1 heterocycles. The third-order valence-electron chi connectivity index (χ3n) is 3.75. The SMILES string of the molecule is NC(=O)c1cc(Cl)cc(Br)c1NC(=O)c1cc(OCC(F)F)nn1C1CC1. The van der Waals surface area contributed by atoms with E-state index in [0.29, 0.717) is 4.47 Å². The smallest absolute Gasteiger partial charge is 0.274 e. The lowest BCUT2D eigenvalue weighted by Crippen LogP contribution is -2.21. The van der Waals surface area contributed by atoms with Gasteiger partial charge in [-0.2, -0.15) is 0 Å². The summed E-state index contributed by atoms with van der Waals surface area (Å²) in [4.78, 5) is 24.4. The Labute approximate surface area is 165 Å². The Kier molecular flexibility index (Phi) is 5.66. The molecule has 0 aliphatic heterocycles. The highest BCUT2D eigenvalue weighted by Gasteiger charge is 2.30. The van der Waals surface area contributed by atoms with Crippen molar-refractivity contribution in [1.82, 2.24) is 9.78 Å². The van der Waals surface area contributed by atoms with Gasteiger partial charge in [-0.3, -0.25) is 14.3 Å². The number of hydrogen-bond donors (Lipinski definition) is 2. The van der Waals surface area contributed by atoms with Crippen molar-refractivity contribution in [2.75, 3.05) is 11.9 Å². The van der Waals surface area contributed by atoms with E-state index in [1.54, 1.807) is 0 Å². The zero-order chi connectivity index (χ0) is 19.7. The number of nitrogens with one attached hydrogen (secondary N) is 1. The first-order chi connectivity index (χ1) is 12.8. The third kappa shape index (κ3) is 4.56. The van der Waals surface area contributed by atoms with Gasteiger partial charge in [0.05, 0.1) is 17.3 Å². The normalized spacial score (nSPS) is 13.7. The molecule has 27 heavy (non-hydrogen) atoms. The minimum Gasteiger partial charge on any atom is -0.471 e. The molecule has 0 spiro atoms. The van der Waals surface area contributed by atoms with Crippen LogP contribution < -0.4 is 15.8 Å². The molecule has 0 unspecified atom stereocenters. The van der Waals surface area contributed by atoms with Gasteiger partial charge in [-0.25, -0.2) is 8.78 Å². The summed E-state index contributed by atoms with van der Waals surface area (Å²) in [7, 11) is 0. The van der Waals surface area contributed by atoms with E-state index < -0.39 is 24.8 Å². The Morgan fingerprint density at radius 1 is 1.41 bits per heavy atom. The van der Waals surface area contributed by atoms with Crippen molar-refractivity contribution in [3.8, 4) is 5.88 Å². The number of nitrogens with zero attached hydrogens (tertiary/aromatic N) is 2. The number of carbonyl (C=O) groups excluding carboxylic acids is 2. The predicted octanol–water partition coefficient (Wildman–Crippen LogP) is 3.63. The van der Waals surface area contributed by atoms with E-state index in [1.807, 2.05) is 0 Å². The topological polar surface area (TPSA) is 99.2 Å². The molecule has 1 aliphatic carbocycles. The summed E-state index contributed by atoms with van der Waals surface area (Å²) in [6, 6.07) is 4.11. The van der Waals surface area contributed by atoms with E-state index in [9.17, 15) is 18.4 Å². The van der Waals surface area contributed by atoms with Crippen molar-refractivity contribution in [2.45, 2.75) is 25.3 Å². The number of amides is 2. The molecule has 2 aromatic rings. The molecule has 7 nitrogen and oxygen atoms in total. The first kappa shape index (κ1) is 19.6. The predicted molar refractivity (Wildman–Crippen MR) is 97.6 cm³/mol. The van der Waals surface area contributed by atoms with Crippen LogP contribution in [0, 0.1) is 0 Å². The highest BCUT2D eigenvalue weighted by Crippen LogP contribution is 2.37. The first-order valence-corrected chi connectivity index (χ1v) is 9.04. The van der Waals surface area contributed by atoms with Gasteiger partial charge >= 0.3 is 0 Å². The van der Waals surface area contributed by atoms with Crippen LogP contribution in [0.5, 0.6) is 5.88 Å². The molecular weight excluding hydrogens is 450 g/mol. The molecule has 1 aromatic carbocycles. The Bertz CT molecular complexity index is 902. The number of nitrogens with two attached hydrogens (primary N) is 1. The molecule has 1 fully saturated rings. The van der Waals surface area contributed by atoms with Gasteiger partial charge in [-0.05, 0) is 40.9 Å². The lowest BCUT2D eigenvalue weighted by atomic mass is 10.1. The van der Waals surface area contributed by atoms with Crippen LogP contribution in [0.1, 0.15) is 39.7 Å². The lowest BCUT2D eigenvalue weighted by Gasteiger charge is -2.12. The van der Waals surface area contributed by atoms with Crippen molar-refractivity contribution in [3.05, 3.63) is 39.0 Å². The van der Waals surface area contributed by atoms with Gasteiger partial charge in [0.15, 0.2) is 6.61 Å². The summed E-state index contributed by atoms with van der Waals surface area (Å²) < 4.78 is 31.4. The van der Waals surface area contributed by atoms with E-state index >= 15 is 0 Å². The van der Waals surface area contributed by atoms with Crippen molar-refractivity contribution in [3.63, 3.8) is 0 Å². The number of aromatic nitrogens is 2. The van der Waals surface area contributed by atoms with E-state index in [2.05, 4.69) is 26.3 Å². The highest BCUT2D eigenvalue weighted by atomic mass is 79.9. The minimum atomic E-state index is -2.66. The van der Waals surface area contributed by atoms with Crippen molar-refractivity contribution >= 4 is 45.0 Å². The Hall–Kier alpha value is -2.20. The summed E-state index contributed by atoms with van der Waals surface area (Å²) in [5.74, 6) is -1.44. The molecule has 0 atom stereocenters. The molecule has 1 aromatic heterocycles. The quantitative estimate of drug-likeness (QED) is 0.655.